The lowest BCUT2D eigenvalue weighted by Crippen LogP contribution is -2.43. The van der Waals surface area contributed by atoms with Gasteiger partial charge in [0, 0.05) is 12.6 Å². The number of hydrogen-bond acceptors (Lipinski definition) is 4. The van der Waals surface area contributed by atoms with Gasteiger partial charge in [-0.05, 0) is 30.5 Å². The first-order valence-corrected chi connectivity index (χ1v) is 6.07. The Morgan fingerprint density at radius 1 is 1.33 bits per heavy atom. The minimum atomic E-state index is -0.684. The quantitative estimate of drug-likeness (QED) is 0.843. The van der Waals surface area contributed by atoms with Gasteiger partial charge in [0.1, 0.15) is 0 Å². The summed E-state index contributed by atoms with van der Waals surface area (Å²) < 4.78 is 10.6. The number of carboxylic acids is 1. The van der Waals surface area contributed by atoms with E-state index in [1.807, 2.05) is 18.2 Å². The molecule has 0 bridgehead atoms. The maximum absolute atomic E-state index is 10.7. The van der Waals surface area contributed by atoms with Crippen molar-refractivity contribution in [2.45, 2.75) is 25.4 Å². The minimum Gasteiger partial charge on any atom is -0.481 e. The van der Waals surface area contributed by atoms with Crippen molar-refractivity contribution in [1.82, 2.24) is 5.32 Å². The first kappa shape index (κ1) is 11.3. The second-order valence-corrected chi connectivity index (χ2v) is 4.77. The largest absolute Gasteiger partial charge is 0.481 e. The van der Waals surface area contributed by atoms with E-state index in [1.54, 1.807) is 0 Å². The summed E-state index contributed by atoms with van der Waals surface area (Å²) >= 11 is 0. The van der Waals surface area contributed by atoms with Crippen LogP contribution in [0.3, 0.4) is 0 Å². The summed E-state index contributed by atoms with van der Waals surface area (Å²) in [5.41, 5.74) is 1.12. The van der Waals surface area contributed by atoms with Gasteiger partial charge < -0.3 is 19.9 Å². The van der Waals surface area contributed by atoms with Gasteiger partial charge >= 0.3 is 5.97 Å². The van der Waals surface area contributed by atoms with Gasteiger partial charge in [-0.3, -0.25) is 4.79 Å². The Balaban J connectivity index is 1.51. The molecule has 1 fully saturated rings. The molecule has 18 heavy (non-hydrogen) atoms. The van der Waals surface area contributed by atoms with Gasteiger partial charge in [0.15, 0.2) is 11.5 Å². The number of carbonyl (C=O) groups is 1. The molecule has 0 radical (unpaired) electrons. The molecule has 96 valence electrons. The predicted molar refractivity (Wildman–Crippen MR) is 63.6 cm³/mol. The third-order valence-corrected chi connectivity index (χ3v) is 3.52. The Kier molecular flexibility index (Phi) is 2.83. The van der Waals surface area contributed by atoms with Gasteiger partial charge in [0.05, 0.1) is 5.92 Å². The zero-order chi connectivity index (χ0) is 12.5. The smallest absolute Gasteiger partial charge is 0.306 e. The van der Waals surface area contributed by atoms with Crippen molar-refractivity contribution in [2.24, 2.45) is 5.92 Å². The fourth-order valence-electron chi connectivity index (χ4n) is 2.30. The molecule has 2 N–H and O–H groups in total. The molecule has 1 heterocycles. The third-order valence-electron chi connectivity index (χ3n) is 3.52. The van der Waals surface area contributed by atoms with Crippen LogP contribution in [0.15, 0.2) is 18.2 Å². The van der Waals surface area contributed by atoms with Gasteiger partial charge in [-0.2, -0.15) is 0 Å². The topological polar surface area (TPSA) is 67.8 Å². The fourth-order valence-corrected chi connectivity index (χ4v) is 2.30. The summed E-state index contributed by atoms with van der Waals surface area (Å²) in [5.74, 6) is 0.718. The van der Waals surface area contributed by atoms with Crippen molar-refractivity contribution in [3.8, 4) is 11.5 Å². The van der Waals surface area contributed by atoms with Crippen LogP contribution in [0, 0.1) is 5.92 Å². The van der Waals surface area contributed by atoms with Crippen LogP contribution >= 0.6 is 0 Å². The van der Waals surface area contributed by atoms with E-state index in [9.17, 15) is 4.79 Å². The maximum Gasteiger partial charge on any atom is 0.306 e. The summed E-state index contributed by atoms with van der Waals surface area (Å²) in [5, 5.41) is 12.1. The van der Waals surface area contributed by atoms with Crippen LogP contribution in [0.2, 0.25) is 0 Å². The lowest BCUT2D eigenvalue weighted by Gasteiger charge is -2.33. The Morgan fingerprint density at radius 3 is 2.89 bits per heavy atom. The maximum atomic E-state index is 10.7. The molecular weight excluding hydrogens is 234 g/mol. The number of fused-ring (bicyclic) bond motifs is 1. The van der Waals surface area contributed by atoms with Crippen molar-refractivity contribution in [1.29, 1.82) is 0 Å². The molecular formula is C13H15NO4. The number of carboxylic acid groups (broad SMARTS) is 1. The Morgan fingerprint density at radius 2 is 2.11 bits per heavy atom. The summed E-state index contributed by atoms with van der Waals surface area (Å²) in [4.78, 5) is 10.7. The monoisotopic (exact) mass is 249 g/mol. The molecule has 5 heteroatoms. The molecule has 2 aliphatic rings. The average Bonchev–Trinajstić information content (AvgIpc) is 2.73. The Hall–Kier alpha value is -1.75. The molecule has 1 aromatic rings. The highest BCUT2D eigenvalue weighted by atomic mass is 16.7. The van der Waals surface area contributed by atoms with Gasteiger partial charge in [-0.1, -0.05) is 6.07 Å². The van der Waals surface area contributed by atoms with Gasteiger partial charge in [0.2, 0.25) is 6.79 Å². The van der Waals surface area contributed by atoms with E-state index < -0.39 is 5.97 Å². The van der Waals surface area contributed by atoms with Gasteiger partial charge in [-0.15, -0.1) is 0 Å². The SMILES string of the molecule is O=C(O)C1CC(NCc2ccc3c(c2)OCO3)C1. The molecule has 1 aliphatic heterocycles. The van der Waals surface area contributed by atoms with E-state index >= 15 is 0 Å². The standard InChI is InChI=1S/C13H15NO4/c15-13(16)9-4-10(5-9)14-6-8-1-2-11-12(3-8)18-7-17-11/h1-3,9-10,14H,4-7H2,(H,15,16). The highest BCUT2D eigenvalue weighted by Gasteiger charge is 2.33. The van der Waals surface area contributed by atoms with Crippen LogP contribution in [0.1, 0.15) is 18.4 Å². The van der Waals surface area contributed by atoms with Crippen LogP contribution in [0.5, 0.6) is 11.5 Å². The van der Waals surface area contributed by atoms with E-state index in [1.165, 1.54) is 0 Å². The fraction of sp³-hybridized carbons (Fsp3) is 0.462. The molecule has 0 atom stereocenters. The number of ether oxygens (including phenoxy) is 2. The van der Waals surface area contributed by atoms with E-state index in [0.29, 0.717) is 6.04 Å². The van der Waals surface area contributed by atoms with Crippen molar-refractivity contribution in [2.75, 3.05) is 6.79 Å². The number of aliphatic carboxylic acids is 1. The third kappa shape index (κ3) is 2.13. The summed E-state index contributed by atoms with van der Waals surface area (Å²) in [6.07, 6.45) is 1.44. The molecule has 0 saturated heterocycles. The van der Waals surface area contributed by atoms with Crippen molar-refractivity contribution >= 4 is 5.97 Å². The van der Waals surface area contributed by atoms with Crippen LogP contribution in [-0.4, -0.2) is 23.9 Å². The van der Waals surface area contributed by atoms with Crippen molar-refractivity contribution in [3.63, 3.8) is 0 Å². The Labute approximate surface area is 105 Å². The molecule has 1 saturated carbocycles. The number of hydrogen-bond donors (Lipinski definition) is 2. The van der Waals surface area contributed by atoms with Gasteiger partial charge in [0.25, 0.3) is 0 Å². The summed E-state index contributed by atoms with van der Waals surface area (Å²) in [7, 11) is 0. The van der Waals surface area contributed by atoms with E-state index in [2.05, 4.69) is 5.32 Å². The first-order valence-electron chi connectivity index (χ1n) is 6.07. The van der Waals surface area contributed by atoms with Crippen LogP contribution in [0.4, 0.5) is 0 Å². The summed E-state index contributed by atoms with van der Waals surface area (Å²) in [6.45, 7) is 1.02. The van der Waals surface area contributed by atoms with Crippen molar-refractivity contribution in [3.05, 3.63) is 23.8 Å². The number of rotatable bonds is 4. The van der Waals surface area contributed by atoms with Crippen LogP contribution in [0.25, 0.3) is 0 Å². The van der Waals surface area contributed by atoms with Crippen LogP contribution in [-0.2, 0) is 11.3 Å². The first-order chi connectivity index (χ1) is 8.72. The normalized spacial score (nSPS) is 24.7. The number of benzene rings is 1. The summed E-state index contributed by atoms with van der Waals surface area (Å²) in [6, 6.07) is 6.17. The highest BCUT2D eigenvalue weighted by Crippen LogP contribution is 2.33. The molecule has 0 aromatic heterocycles. The zero-order valence-electron chi connectivity index (χ0n) is 9.89. The second kappa shape index (κ2) is 4.49. The minimum absolute atomic E-state index is 0.167. The zero-order valence-corrected chi connectivity index (χ0v) is 9.89. The second-order valence-electron chi connectivity index (χ2n) is 4.77. The molecule has 1 aromatic carbocycles. The molecule has 0 unspecified atom stereocenters. The molecule has 1 aliphatic carbocycles. The lowest BCUT2D eigenvalue weighted by atomic mass is 9.80. The van der Waals surface area contributed by atoms with Crippen LogP contribution < -0.4 is 14.8 Å². The van der Waals surface area contributed by atoms with E-state index in [-0.39, 0.29) is 12.7 Å². The molecule has 0 spiro atoms. The molecule has 3 rings (SSSR count). The van der Waals surface area contributed by atoms with E-state index in [4.69, 9.17) is 14.6 Å². The predicted octanol–water partition coefficient (Wildman–Crippen LogP) is 1.37. The number of nitrogens with one attached hydrogen (secondary N) is 1. The molecule has 5 nitrogen and oxygen atoms in total. The molecule has 0 amide bonds. The van der Waals surface area contributed by atoms with Gasteiger partial charge in [-0.25, -0.2) is 0 Å². The van der Waals surface area contributed by atoms with E-state index in [0.717, 1.165) is 36.4 Å². The lowest BCUT2D eigenvalue weighted by molar-refractivity contribution is -0.145. The van der Waals surface area contributed by atoms with Crippen molar-refractivity contribution < 1.29 is 19.4 Å². The average molecular weight is 249 g/mol. The Bertz CT molecular complexity index is 468. The highest BCUT2D eigenvalue weighted by molar-refractivity contribution is 5.71.